The minimum atomic E-state index is -3.53. The summed E-state index contributed by atoms with van der Waals surface area (Å²) in [7, 11) is -3.53. The van der Waals surface area contributed by atoms with Crippen LogP contribution in [0.5, 0.6) is 0 Å². The van der Waals surface area contributed by atoms with Crippen LogP contribution in [0.25, 0.3) is 11.1 Å². The number of hydrogen-bond acceptors (Lipinski definition) is 4. The van der Waals surface area contributed by atoms with Gasteiger partial charge in [-0.15, -0.1) is 0 Å². The molecule has 3 aromatic carbocycles. The third-order valence-electron chi connectivity index (χ3n) is 5.68. The molecule has 3 amide bonds. The highest BCUT2D eigenvalue weighted by Gasteiger charge is 2.32. The van der Waals surface area contributed by atoms with Gasteiger partial charge < -0.3 is 15.5 Å². The third-order valence-corrected chi connectivity index (χ3v) is 6.84. The van der Waals surface area contributed by atoms with Crippen LogP contribution in [0.1, 0.15) is 12.8 Å². The first kappa shape index (κ1) is 24.3. The van der Waals surface area contributed by atoms with E-state index in [1.807, 2.05) is 0 Å². The SMILES string of the molecule is CS(=O)(=O)c1ccccc1-c1ccc(N2CCCC(NC(=O)Nc3ccc(F)cc3)C2=O)c(F)c1. The van der Waals surface area contributed by atoms with Crippen molar-refractivity contribution in [3.8, 4) is 11.1 Å². The second-order valence-electron chi connectivity index (χ2n) is 8.22. The van der Waals surface area contributed by atoms with Crippen LogP contribution in [-0.4, -0.2) is 39.2 Å². The summed E-state index contributed by atoms with van der Waals surface area (Å²) in [4.78, 5) is 26.7. The van der Waals surface area contributed by atoms with E-state index in [4.69, 9.17) is 0 Å². The molecule has 182 valence electrons. The Morgan fingerprint density at radius 2 is 1.74 bits per heavy atom. The van der Waals surface area contributed by atoms with E-state index in [1.165, 1.54) is 47.4 Å². The first-order valence-electron chi connectivity index (χ1n) is 10.9. The van der Waals surface area contributed by atoms with E-state index in [0.29, 0.717) is 29.7 Å². The van der Waals surface area contributed by atoms with Gasteiger partial charge in [0.2, 0.25) is 5.91 Å². The van der Waals surface area contributed by atoms with Gasteiger partial charge in [0, 0.05) is 24.1 Å². The van der Waals surface area contributed by atoms with E-state index >= 15 is 4.39 Å². The van der Waals surface area contributed by atoms with Gasteiger partial charge >= 0.3 is 6.03 Å². The van der Waals surface area contributed by atoms with Gasteiger partial charge in [-0.25, -0.2) is 22.0 Å². The van der Waals surface area contributed by atoms with Crippen molar-refractivity contribution in [2.75, 3.05) is 23.0 Å². The summed E-state index contributed by atoms with van der Waals surface area (Å²) in [5, 5.41) is 5.12. The van der Waals surface area contributed by atoms with Crippen molar-refractivity contribution in [2.24, 2.45) is 0 Å². The van der Waals surface area contributed by atoms with Gasteiger partial charge in [0.1, 0.15) is 17.7 Å². The Morgan fingerprint density at radius 3 is 2.43 bits per heavy atom. The molecule has 0 aromatic heterocycles. The summed E-state index contributed by atoms with van der Waals surface area (Å²) in [5.41, 5.74) is 1.13. The molecule has 7 nitrogen and oxygen atoms in total. The molecular weight excluding hydrogens is 476 g/mol. The standard InChI is InChI=1S/C25H23F2N3O4S/c1-35(33,34)23-7-3-2-5-19(23)16-8-13-22(20(27)15-16)30-14-4-6-21(24(30)31)29-25(32)28-18-11-9-17(26)10-12-18/h2-3,5,7-13,15,21H,4,6,14H2,1H3,(H2,28,29,32). The molecule has 1 aliphatic rings. The lowest BCUT2D eigenvalue weighted by Gasteiger charge is -2.33. The van der Waals surface area contributed by atoms with Gasteiger partial charge in [-0.3, -0.25) is 4.79 Å². The van der Waals surface area contributed by atoms with Crippen LogP contribution < -0.4 is 15.5 Å². The third kappa shape index (κ3) is 5.48. The molecule has 1 fully saturated rings. The van der Waals surface area contributed by atoms with Crippen molar-refractivity contribution in [3.05, 3.63) is 78.4 Å². The van der Waals surface area contributed by atoms with Crippen molar-refractivity contribution >= 4 is 33.2 Å². The summed E-state index contributed by atoms with van der Waals surface area (Å²) >= 11 is 0. The lowest BCUT2D eigenvalue weighted by Crippen LogP contribution is -2.53. The monoisotopic (exact) mass is 499 g/mol. The Hall–Kier alpha value is -3.79. The molecule has 0 saturated carbocycles. The van der Waals surface area contributed by atoms with E-state index in [0.717, 1.165) is 6.26 Å². The lowest BCUT2D eigenvalue weighted by molar-refractivity contribution is -0.121. The molecule has 2 N–H and O–H groups in total. The number of hydrogen-bond donors (Lipinski definition) is 2. The first-order chi connectivity index (χ1) is 16.6. The fourth-order valence-electron chi connectivity index (χ4n) is 4.03. The van der Waals surface area contributed by atoms with Crippen LogP contribution in [0.4, 0.5) is 25.0 Å². The molecule has 1 unspecified atom stereocenters. The van der Waals surface area contributed by atoms with Gasteiger partial charge in [0.05, 0.1) is 10.6 Å². The highest BCUT2D eigenvalue weighted by atomic mass is 32.2. The van der Waals surface area contributed by atoms with Crippen molar-refractivity contribution in [1.29, 1.82) is 0 Å². The average molecular weight is 500 g/mol. The van der Waals surface area contributed by atoms with E-state index in [2.05, 4.69) is 10.6 Å². The number of nitrogens with one attached hydrogen (secondary N) is 2. The van der Waals surface area contributed by atoms with Gasteiger partial charge in [0.15, 0.2) is 9.84 Å². The van der Waals surface area contributed by atoms with Crippen LogP contribution >= 0.6 is 0 Å². The molecule has 4 rings (SSSR count). The number of amides is 3. The van der Waals surface area contributed by atoms with Gasteiger partial charge in [0.25, 0.3) is 0 Å². The normalized spacial score (nSPS) is 16.1. The van der Waals surface area contributed by atoms with E-state index in [1.54, 1.807) is 24.3 Å². The summed E-state index contributed by atoms with van der Waals surface area (Å²) in [6, 6.07) is 14.2. The molecule has 1 heterocycles. The number of rotatable bonds is 5. The maximum atomic E-state index is 15.2. The zero-order valence-electron chi connectivity index (χ0n) is 18.8. The van der Waals surface area contributed by atoms with Crippen LogP contribution in [0.3, 0.4) is 0 Å². The maximum Gasteiger partial charge on any atom is 0.319 e. The quantitative estimate of drug-likeness (QED) is 0.546. The minimum absolute atomic E-state index is 0.0426. The van der Waals surface area contributed by atoms with Crippen LogP contribution in [0.15, 0.2) is 71.6 Å². The number of benzene rings is 3. The molecule has 3 aromatic rings. The minimum Gasteiger partial charge on any atom is -0.326 e. The molecular formula is C25H23F2N3O4S. The second kappa shape index (κ2) is 9.83. The Kier molecular flexibility index (Phi) is 6.83. The largest absolute Gasteiger partial charge is 0.326 e. The zero-order chi connectivity index (χ0) is 25.2. The van der Waals surface area contributed by atoms with E-state index in [-0.39, 0.29) is 17.1 Å². The van der Waals surface area contributed by atoms with Crippen molar-refractivity contribution in [1.82, 2.24) is 5.32 Å². The Balaban J connectivity index is 1.52. The number of carbonyl (C=O) groups is 2. The second-order valence-corrected chi connectivity index (χ2v) is 10.2. The molecule has 1 atom stereocenters. The number of carbonyl (C=O) groups excluding carboxylic acids is 2. The van der Waals surface area contributed by atoms with Crippen molar-refractivity contribution < 1.29 is 26.8 Å². The number of piperidine rings is 1. The molecule has 1 saturated heterocycles. The fraction of sp³-hybridized carbons (Fsp3) is 0.200. The van der Waals surface area contributed by atoms with Gasteiger partial charge in [-0.2, -0.15) is 0 Å². The van der Waals surface area contributed by atoms with Crippen molar-refractivity contribution in [3.63, 3.8) is 0 Å². The fourth-order valence-corrected chi connectivity index (χ4v) is 4.94. The van der Waals surface area contributed by atoms with E-state index < -0.39 is 39.5 Å². The van der Waals surface area contributed by atoms with Crippen LogP contribution in [0, 0.1) is 11.6 Å². The molecule has 10 heteroatoms. The summed E-state index contributed by atoms with van der Waals surface area (Å²) < 4.78 is 52.4. The topological polar surface area (TPSA) is 95.6 Å². The summed E-state index contributed by atoms with van der Waals surface area (Å²) in [6.07, 6.45) is 2.00. The van der Waals surface area contributed by atoms with E-state index in [9.17, 15) is 22.4 Å². The number of halogens is 2. The molecule has 0 radical (unpaired) electrons. The first-order valence-corrected chi connectivity index (χ1v) is 12.8. The Morgan fingerprint density at radius 1 is 1.03 bits per heavy atom. The summed E-state index contributed by atoms with van der Waals surface area (Å²) in [6.45, 7) is 0.271. The highest BCUT2D eigenvalue weighted by molar-refractivity contribution is 7.90. The predicted octanol–water partition coefficient (Wildman–Crippen LogP) is 4.35. The molecule has 0 spiro atoms. The Labute approximate surface area is 201 Å². The average Bonchev–Trinajstić information content (AvgIpc) is 2.82. The maximum absolute atomic E-state index is 15.2. The molecule has 1 aliphatic heterocycles. The number of urea groups is 1. The lowest BCUT2D eigenvalue weighted by atomic mass is 10.0. The summed E-state index contributed by atoms with van der Waals surface area (Å²) in [5.74, 6) is -1.59. The molecule has 0 aliphatic carbocycles. The zero-order valence-corrected chi connectivity index (χ0v) is 19.6. The van der Waals surface area contributed by atoms with Crippen molar-refractivity contribution in [2.45, 2.75) is 23.8 Å². The van der Waals surface area contributed by atoms with Crippen LogP contribution in [-0.2, 0) is 14.6 Å². The molecule has 0 bridgehead atoms. The van der Waals surface area contributed by atoms with Crippen LogP contribution in [0.2, 0.25) is 0 Å². The smallest absolute Gasteiger partial charge is 0.319 e. The van der Waals surface area contributed by atoms with Gasteiger partial charge in [-0.1, -0.05) is 24.3 Å². The number of anilines is 2. The Bertz CT molecular complexity index is 1380. The highest BCUT2D eigenvalue weighted by Crippen LogP contribution is 2.32. The predicted molar refractivity (Wildman–Crippen MR) is 129 cm³/mol. The molecule has 35 heavy (non-hydrogen) atoms. The number of nitrogens with zero attached hydrogens (tertiary/aromatic N) is 1. The number of sulfone groups is 1. The van der Waals surface area contributed by atoms with Gasteiger partial charge in [-0.05, 0) is 60.9 Å².